The first kappa shape index (κ1) is 25.3. The van der Waals surface area contributed by atoms with Gasteiger partial charge in [-0.15, -0.1) is 0 Å². The fraction of sp³-hybridized carbons (Fsp3) is 0.273. The zero-order chi connectivity index (χ0) is 24.5. The number of benzene rings is 2. The molecular weight excluding hydrogens is 487 g/mol. The van der Waals surface area contributed by atoms with Crippen molar-refractivity contribution in [3.63, 3.8) is 0 Å². The Kier molecular flexibility index (Phi) is 9.08. The molecule has 180 valence electrons. The van der Waals surface area contributed by atoms with E-state index in [-0.39, 0.29) is 28.2 Å². The molecule has 0 bridgehead atoms. The second kappa shape index (κ2) is 12.2. The third-order valence-corrected chi connectivity index (χ3v) is 5.51. The zero-order valence-electron chi connectivity index (χ0n) is 18.2. The summed E-state index contributed by atoms with van der Waals surface area (Å²) in [6.45, 7) is 1.95. The minimum Gasteiger partial charge on any atom is -0.493 e. The van der Waals surface area contributed by atoms with Gasteiger partial charge in [0, 0.05) is 13.1 Å². The van der Waals surface area contributed by atoms with Crippen molar-refractivity contribution in [2.75, 3.05) is 45.3 Å². The summed E-state index contributed by atoms with van der Waals surface area (Å²) in [5, 5.41) is 6.49. The number of nitrogens with one attached hydrogen (secondary N) is 2. The number of nitrogens with zero attached hydrogens (tertiary/aromatic N) is 2. The number of amides is 3. The molecule has 0 radical (unpaired) electrons. The normalized spacial score (nSPS) is 13.4. The van der Waals surface area contributed by atoms with Crippen molar-refractivity contribution in [3.8, 4) is 11.5 Å². The summed E-state index contributed by atoms with van der Waals surface area (Å²) in [6, 6.07) is 9.51. The lowest BCUT2D eigenvalue weighted by atomic mass is 10.2. The summed E-state index contributed by atoms with van der Waals surface area (Å²) < 4.78 is 16.1. The smallest absolute Gasteiger partial charge is 0.329 e. The van der Waals surface area contributed by atoms with Gasteiger partial charge in [-0.05, 0) is 35.9 Å². The summed E-state index contributed by atoms with van der Waals surface area (Å²) in [4.78, 5) is 37.9. The molecule has 0 atom stereocenters. The van der Waals surface area contributed by atoms with Gasteiger partial charge in [-0.1, -0.05) is 29.3 Å². The molecule has 12 heteroatoms. The van der Waals surface area contributed by atoms with E-state index < -0.39 is 11.8 Å². The number of ether oxygens (including phenoxy) is 3. The summed E-state index contributed by atoms with van der Waals surface area (Å²) in [5.41, 5.74) is 2.88. The minimum absolute atomic E-state index is 0.120. The van der Waals surface area contributed by atoms with E-state index in [1.54, 1.807) is 35.2 Å². The van der Waals surface area contributed by atoms with Gasteiger partial charge < -0.3 is 24.4 Å². The van der Waals surface area contributed by atoms with Crippen molar-refractivity contribution in [2.24, 2.45) is 5.10 Å². The molecule has 0 spiro atoms. The SMILES string of the molecule is COc1cc(/C=N\NC(=O)C(=O)Nc2cccc(Cl)c2Cl)ccc1OCC(=O)N1CCOCC1. The Morgan fingerprint density at radius 3 is 2.62 bits per heavy atom. The van der Waals surface area contributed by atoms with Gasteiger partial charge in [0.25, 0.3) is 5.91 Å². The van der Waals surface area contributed by atoms with Crippen LogP contribution in [-0.2, 0) is 19.1 Å². The monoisotopic (exact) mass is 508 g/mol. The van der Waals surface area contributed by atoms with Gasteiger partial charge >= 0.3 is 11.8 Å². The van der Waals surface area contributed by atoms with Gasteiger partial charge in [-0.3, -0.25) is 14.4 Å². The highest BCUT2D eigenvalue weighted by Gasteiger charge is 2.18. The molecule has 1 heterocycles. The molecule has 1 saturated heterocycles. The first-order chi connectivity index (χ1) is 16.4. The molecule has 0 aliphatic carbocycles. The van der Waals surface area contributed by atoms with Crippen LogP contribution in [0, 0.1) is 0 Å². The average molecular weight is 509 g/mol. The number of carbonyl (C=O) groups is 3. The quantitative estimate of drug-likeness (QED) is 0.336. The molecule has 34 heavy (non-hydrogen) atoms. The summed E-state index contributed by atoms with van der Waals surface area (Å²) in [6.07, 6.45) is 1.32. The summed E-state index contributed by atoms with van der Waals surface area (Å²) in [5.74, 6) is -1.36. The number of halogens is 2. The predicted octanol–water partition coefficient (Wildman–Crippen LogP) is 2.33. The Morgan fingerprint density at radius 1 is 1.12 bits per heavy atom. The van der Waals surface area contributed by atoms with E-state index in [1.807, 2.05) is 0 Å². The Bertz CT molecular complexity index is 1090. The van der Waals surface area contributed by atoms with Gasteiger partial charge in [0.15, 0.2) is 18.1 Å². The van der Waals surface area contributed by atoms with Gasteiger partial charge in [0.05, 0.1) is 42.3 Å². The topological polar surface area (TPSA) is 119 Å². The molecule has 2 N–H and O–H groups in total. The van der Waals surface area contributed by atoms with Crippen LogP contribution in [0.4, 0.5) is 5.69 Å². The van der Waals surface area contributed by atoms with E-state index in [1.165, 1.54) is 19.4 Å². The lowest BCUT2D eigenvalue weighted by molar-refractivity contribution is -0.137. The summed E-state index contributed by atoms with van der Waals surface area (Å²) in [7, 11) is 1.46. The molecule has 0 aromatic heterocycles. The largest absolute Gasteiger partial charge is 0.493 e. The van der Waals surface area contributed by atoms with E-state index in [0.717, 1.165) is 0 Å². The maximum Gasteiger partial charge on any atom is 0.329 e. The molecule has 0 saturated carbocycles. The van der Waals surface area contributed by atoms with Crippen molar-refractivity contribution >= 4 is 52.8 Å². The molecule has 0 unspecified atom stereocenters. The van der Waals surface area contributed by atoms with Crippen LogP contribution < -0.4 is 20.2 Å². The number of carbonyl (C=O) groups excluding carboxylic acids is 3. The summed E-state index contributed by atoms with van der Waals surface area (Å²) >= 11 is 11.9. The Balaban J connectivity index is 1.54. The number of methoxy groups -OCH3 is 1. The van der Waals surface area contributed by atoms with Crippen molar-refractivity contribution in [1.82, 2.24) is 10.3 Å². The van der Waals surface area contributed by atoms with Crippen molar-refractivity contribution < 1.29 is 28.6 Å². The van der Waals surface area contributed by atoms with Gasteiger partial charge in [0.2, 0.25) is 0 Å². The standard InChI is InChI=1S/C22H22Cl2N4O6/c1-32-18-11-14(5-6-17(18)34-13-19(29)28-7-9-33-10-8-28)12-25-27-22(31)21(30)26-16-4-2-3-15(23)20(16)24/h2-6,11-12H,7-10,13H2,1H3,(H,26,30)(H,27,31)/b25-12-. The van der Waals surface area contributed by atoms with E-state index in [0.29, 0.717) is 43.4 Å². The number of hydrazone groups is 1. The second-order valence-electron chi connectivity index (χ2n) is 6.95. The lowest BCUT2D eigenvalue weighted by Crippen LogP contribution is -2.43. The molecular formula is C22H22Cl2N4O6. The Morgan fingerprint density at radius 2 is 1.88 bits per heavy atom. The molecule has 1 fully saturated rings. The van der Waals surface area contributed by atoms with Crippen LogP contribution in [-0.4, -0.2) is 68.9 Å². The molecule has 2 aromatic carbocycles. The average Bonchev–Trinajstić information content (AvgIpc) is 2.86. The van der Waals surface area contributed by atoms with Crippen LogP contribution in [0.1, 0.15) is 5.56 Å². The maximum atomic E-state index is 12.2. The number of anilines is 1. The number of hydrogen-bond acceptors (Lipinski definition) is 7. The van der Waals surface area contributed by atoms with E-state index >= 15 is 0 Å². The Labute approximate surface area is 205 Å². The van der Waals surface area contributed by atoms with Crippen LogP contribution >= 0.6 is 23.2 Å². The minimum atomic E-state index is -0.999. The maximum absolute atomic E-state index is 12.2. The fourth-order valence-electron chi connectivity index (χ4n) is 2.92. The lowest BCUT2D eigenvalue weighted by Gasteiger charge is -2.26. The molecule has 1 aliphatic heterocycles. The predicted molar refractivity (Wildman–Crippen MR) is 127 cm³/mol. The van der Waals surface area contributed by atoms with Gasteiger partial charge in [-0.2, -0.15) is 5.10 Å². The number of rotatable bonds is 7. The molecule has 1 aliphatic rings. The van der Waals surface area contributed by atoms with E-state index in [2.05, 4.69) is 15.8 Å². The first-order valence-electron chi connectivity index (χ1n) is 10.1. The van der Waals surface area contributed by atoms with Gasteiger partial charge in [-0.25, -0.2) is 5.43 Å². The van der Waals surface area contributed by atoms with E-state index in [4.69, 9.17) is 37.4 Å². The molecule has 3 amide bonds. The fourth-order valence-corrected chi connectivity index (χ4v) is 3.27. The van der Waals surface area contributed by atoms with Crippen molar-refractivity contribution in [3.05, 3.63) is 52.0 Å². The van der Waals surface area contributed by atoms with E-state index in [9.17, 15) is 14.4 Å². The van der Waals surface area contributed by atoms with Crippen LogP contribution in [0.3, 0.4) is 0 Å². The van der Waals surface area contributed by atoms with Crippen molar-refractivity contribution in [1.29, 1.82) is 0 Å². The van der Waals surface area contributed by atoms with Gasteiger partial charge in [0.1, 0.15) is 0 Å². The Hall–Kier alpha value is -3.34. The highest BCUT2D eigenvalue weighted by molar-refractivity contribution is 6.45. The molecule has 10 nitrogen and oxygen atoms in total. The van der Waals surface area contributed by atoms with Crippen LogP contribution in [0.5, 0.6) is 11.5 Å². The number of morpholine rings is 1. The van der Waals surface area contributed by atoms with Crippen LogP contribution in [0.15, 0.2) is 41.5 Å². The third kappa shape index (κ3) is 6.83. The molecule has 3 rings (SSSR count). The molecule has 2 aromatic rings. The third-order valence-electron chi connectivity index (χ3n) is 4.69. The van der Waals surface area contributed by atoms with Crippen LogP contribution in [0.2, 0.25) is 10.0 Å². The van der Waals surface area contributed by atoms with Crippen molar-refractivity contribution in [2.45, 2.75) is 0 Å². The van der Waals surface area contributed by atoms with Crippen LogP contribution in [0.25, 0.3) is 0 Å². The first-order valence-corrected chi connectivity index (χ1v) is 10.9. The zero-order valence-corrected chi connectivity index (χ0v) is 19.7. The highest BCUT2D eigenvalue weighted by atomic mass is 35.5. The number of hydrogen-bond donors (Lipinski definition) is 2. The second-order valence-corrected chi connectivity index (χ2v) is 7.73. The highest BCUT2D eigenvalue weighted by Crippen LogP contribution is 2.29.